The topological polar surface area (TPSA) is 41.6 Å². The second-order valence-electron chi connectivity index (χ2n) is 5.65. The van der Waals surface area contributed by atoms with Crippen molar-refractivity contribution in [3.8, 4) is 0 Å². The number of hydrogen-bond donors (Lipinski definition) is 1. The van der Waals surface area contributed by atoms with Gasteiger partial charge in [0, 0.05) is 18.6 Å². The fourth-order valence-electron chi connectivity index (χ4n) is 2.49. The van der Waals surface area contributed by atoms with Crippen LogP contribution in [0.1, 0.15) is 26.7 Å². The first-order valence-corrected chi connectivity index (χ1v) is 6.69. The van der Waals surface area contributed by atoms with Crippen LogP contribution in [0.3, 0.4) is 0 Å². The summed E-state index contributed by atoms with van der Waals surface area (Å²) < 4.78 is 5.43. The van der Waals surface area contributed by atoms with Crippen LogP contribution in [-0.4, -0.2) is 49.7 Å². The average Bonchev–Trinajstić information content (AvgIpc) is 3.02. The van der Waals surface area contributed by atoms with Crippen molar-refractivity contribution < 1.29 is 9.53 Å². The molecular formula is C13H24N2O2. The standard InChI is InChI=1S/C13H24N2O2/c1-9(2)6-15(10-4-5-10)13(16)11-7-17-8-12(11)14-3/h9-12,14H,4-8H2,1-3H3. The summed E-state index contributed by atoms with van der Waals surface area (Å²) in [5.41, 5.74) is 0. The fourth-order valence-corrected chi connectivity index (χ4v) is 2.49. The lowest BCUT2D eigenvalue weighted by molar-refractivity contribution is -0.137. The Morgan fingerprint density at radius 1 is 1.41 bits per heavy atom. The summed E-state index contributed by atoms with van der Waals surface area (Å²) in [6, 6.07) is 0.693. The molecule has 0 bridgehead atoms. The van der Waals surface area contributed by atoms with E-state index >= 15 is 0 Å². The number of carbonyl (C=O) groups excluding carboxylic acids is 1. The van der Waals surface area contributed by atoms with Crippen molar-refractivity contribution in [1.29, 1.82) is 0 Å². The van der Waals surface area contributed by atoms with Crippen LogP contribution in [0.25, 0.3) is 0 Å². The molecule has 0 aromatic rings. The lowest BCUT2D eigenvalue weighted by Crippen LogP contribution is -2.46. The molecule has 1 saturated heterocycles. The van der Waals surface area contributed by atoms with Crippen molar-refractivity contribution in [2.75, 3.05) is 26.8 Å². The molecule has 1 aliphatic carbocycles. The van der Waals surface area contributed by atoms with Gasteiger partial charge in [0.25, 0.3) is 0 Å². The maximum absolute atomic E-state index is 12.5. The number of amides is 1. The molecule has 2 unspecified atom stereocenters. The Morgan fingerprint density at radius 3 is 2.65 bits per heavy atom. The summed E-state index contributed by atoms with van der Waals surface area (Å²) in [5.74, 6) is 0.840. The van der Waals surface area contributed by atoms with Gasteiger partial charge in [-0.2, -0.15) is 0 Å². The SMILES string of the molecule is CNC1COCC1C(=O)N(CC(C)C)C1CC1. The van der Waals surface area contributed by atoms with E-state index in [0.29, 0.717) is 25.2 Å². The summed E-state index contributed by atoms with van der Waals surface area (Å²) >= 11 is 0. The summed E-state index contributed by atoms with van der Waals surface area (Å²) in [7, 11) is 1.91. The molecule has 17 heavy (non-hydrogen) atoms. The van der Waals surface area contributed by atoms with Crippen molar-refractivity contribution in [3.63, 3.8) is 0 Å². The largest absolute Gasteiger partial charge is 0.379 e. The van der Waals surface area contributed by atoms with Crippen molar-refractivity contribution in [3.05, 3.63) is 0 Å². The van der Waals surface area contributed by atoms with Gasteiger partial charge in [-0.15, -0.1) is 0 Å². The van der Waals surface area contributed by atoms with Gasteiger partial charge in [-0.25, -0.2) is 0 Å². The lowest BCUT2D eigenvalue weighted by Gasteiger charge is -2.28. The van der Waals surface area contributed by atoms with Crippen molar-refractivity contribution in [1.82, 2.24) is 10.2 Å². The van der Waals surface area contributed by atoms with Gasteiger partial charge in [-0.1, -0.05) is 13.8 Å². The Labute approximate surface area is 104 Å². The van der Waals surface area contributed by atoms with Crippen LogP contribution in [0.2, 0.25) is 0 Å². The number of likely N-dealkylation sites (N-methyl/N-ethyl adjacent to an activating group) is 1. The van der Waals surface area contributed by atoms with E-state index in [1.165, 1.54) is 12.8 Å². The number of nitrogens with zero attached hydrogens (tertiary/aromatic N) is 1. The van der Waals surface area contributed by atoms with Gasteiger partial charge >= 0.3 is 0 Å². The van der Waals surface area contributed by atoms with Crippen LogP contribution in [0.5, 0.6) is 0 Å². The molecule has 4 heteroatoms. The second-order valence-corrected chi connectivity index (χ2v) is 5.65. The van der Waals surface area contributed by atoms with E-state index in [1.807, 2.05) is 7.05 Å². The molecule has 4 nitrogen and oxygen atoms in total. The highest BCUT2D eigenvalue weighted by atomic mass is 16.5. The third-order valence-corrected chi connectivity index (χ3v) is 3.60. The van der Waals surface area contributed by atoms with Crippen LogP contribution in [0.15, 0.2) is 0 Å². The first-order valence-electron chi connectivity index (χ1n) is 6.69. The monoisotopic (exact) mass is 240 g/mol. The molecule has 0 aromatic heterocycles. The smallest absolute Gasteiger partial charge is 0.229 e. The first-order chi connectivity index (χ1) is 8.13. The predicted octanol–water partition coefficient (Wildman–Crippen LogP) is 0.868. The number of rotatable bonds is 5. The average molecular weight is 240 g/mol. The van der Waals surface area contributed by atoms with Crippen molar-refractivity contribution in [2.45, 2.75) is 38.8 Å². The lowest BCUT2D eigenvalue weighted by atomic mass is 10.0. The molecule has 0 aromatic carbocycles. The zero-order valence-electron chi connectivity index (χ0n) is 11.1. The van der Waals surface area contributed by atoms with Gasteiger partial charge in [0.2, 0.25) is 5.91 Å². The van der Waals surface area contributed by atoms with Gasteiger partial charge in [0.05, 0.1) is 19.1 Å². The molecule has 2 fully saturated rings. The molecule has 1 heterocycles. The number of ether oxygens (including phenoxy) is 1. The van der Waals surface area contributed by atoms with Gasteiger partial charge in [0.1, 0.15) is 0 Å². The molecule has 0 spiro atoms. The zero-order valence-corrected chi connectivity index (χ0v) is 11.1. The normalized spacial score (nSPS) is 28.7. The summed E-state index contributed by atoms with van der Waals surface area (Å²) in [4.78, 5) is 14.6. The third-order valence-electron chi connectivity index (χ3n) is 3.60. The molecule has 1 amide bonds. The van der Waals surface area contributed by atoms with E-state index in [0.717, 1.165) is 6.54 Å². The van der Waals surface area contributed by atoms with E-state index < -0.39 is 0 Å². The molecule has 1 aliphatic heterocycles. The quantitative estimate of drug-likeness (QED) is 0.775. The molecular weight excluding hydrogens is 216 g/mol. The van der Waals surface area contributed by atoms with E-state index in [9.17, 15) is 4.79 Å². The van der Waals surface area contributed by atoms with Crippen LogP contribution < -0.4 is 5.32 Å². The molecule has 2 atom stereocenters. The predicted molar refractivity (Wildman–Crippen MR) is 66.7 cm³/mol. The van der Waals surface area contributed by atoms with Crippen LogP contribution in [-0.2, 0) is 9.53 Å². The molecule has 98 valence electrons. The third kappa shape index (κ3) is 2.99. The van der Waals surface area contributed by atoms with E-state index in [2.05, 4.69) is 24.1 Å². The van der Waals surface area contributed by atoms with Crippen LogP contribution in [0.4, 0.5) is 0 Å². The Bertz CT molecular complexity index is 277. The molecule has 2 rings (SSSR count). The Morgan fingerprint density at radius 2 is 2.12 bits per heavy atom. The Hall–Kier alpha value is -0.610. The molecule has 1 saturated carbocycles. The number of nitrogens with one attached hydrogen (secondary N) is 1. The zero-order chi connectivity index (χ0) is 12.4. The maximum Gasteiger partial charge on any atom is 0.229 e. The summed E-state index contributed by atoms with van der Waals surface area (Å²) in [6.45, 7) is 6.46. The van der Waals surface area contributed by atoms with Gasteiger partial charge in [-0.05, 0) is 25.8 Å². The van der Waals surface area contributed by atoms with E-state index in [1.54, 1.807) is 0 Å². The van der Waals surface area contributed by atoms with Gasteiger partial charge in [0.15, 0.2) is 0 Å². The van der Waals surface area contributed by atoms with Crippen molar-refractivity contribution in [2.24, 2.45) is 11.8 Å². The minimum atomic E-state index is 0.0133. The highest BCUT2D eigenvalue weighted by Crippen LogP contribution is 2.30. The highest BCUT2D eigenvalue weighted by molar-refractivity contribution is 5.80. The molecule has 1 N–H and O–H groups in total. The van der Waals surface area contributed by atoms with Gasteiger partial charge < -0.3 is 15.0 Å². The van der Waals surface area contributed by atoms with Gasteiger partial charge in [-0.3, -0.25) is 4.79 Å². The van der Waals surface area contributed by atoms with Crippen molar-refractivity contribution >= 4 is 5.91 Å². The number of hydrogen-bond acceptors (Lipinski definition) is 3. The molecule has 2 aliphatic rings. The molecule has 0 radical (unpaired) electrons. The van der Waals surface area contributed by atoms with Crippen LogP contribution in [0, 0.1) is 11.8 Å². The minimum Gasteiger partial charge on any atom is -0.379 e. The maximum atomic E-state index is 12.5. The highest BCUT2D eigenvalue weighted by Gasteiger charge is 2.40. The minimum absolute atomic E-state index is 0.0133. The first kappa shape index (κ1) is 12.8. The Balaban J connectivity index is 2.00. The second kappa shape index (κ2) is 5.36. The Kier molecular flexibility index (Phi) is 4.05. The summed E-state index contributed by atoms with van der Waals surface area (Å²) in [6.07, 6.45) is 2.35. The number of carbonyl (C=O) groups is 1. The summed E-state index contributed by atoms with van der Waals surface area (Å²) in [5, 5.41) is 3.19. The van der Waals surface area contributed by atoms with E-state index in [-0.39, 0.29) is 17.9 Å². The fraction of sp³-hybridized carbons (Fsp3) is 0.923. The van der Waals surface area contributed by atoms with Crippen LogP contribution >= 0.6 is 0 Å². The van der Waals surface area contributed by atoms with E-state index in [4.69, 9.17) is 4.74 Å².